The zero-order valence-electron chi connectivity index (χ0n) is 10.8. The van der Waals surface area contributed by atoms with Crippen molar-refractivity contribution in [3.05, 3.63) is 0 Å². The van der Waals surface area contributed by atoms with Crippen LogP contribution < -0.4 is 0 Å². The van der Waals surface area contributed by atoms with Crippen molar-refractivity contribution in [1.82, 2.24) is 0 Å². The monoisotopic (exact) mass is 185 g/mol. The maximum absolute atomic E-state index is 6.00. The van der Waals surface area contributed by atoms with Crippen LogP contribution in [-0.4, -0.2) is 29.7 Å². The van der Waals surface area contributed by atoms with Crippen LogP contribution in [0.5, 0.6) is 0 Å². The molecule has 4 heteroatoms. The Labute approximate surface area is 94.1 Å². The topological polar surface area (TPSA) is 0 Å². The Morgan fingerprint density at radius 2 is 1.21 bits per heavy atom. The third-order valence-corrected chi connectivity index (χ3v) is 2.23. The second-order valence-electron chi connectivity index (χ2n) is 6.04. The second kappa shape index (κ2) is 4.41. The maximum atomic E-state index is 6.00. The molecule has 0 spiro atoms. The third kappa shape index (κ3) is 6.67. The van der Waals surface area contributed by atoms with E-state index in [0.29, 0.717) is 0 Å². The Morgan fingerprint density at radius 1 is 0.786 bits per heavy atom. The molecule has 0 aliphatic rings. The van der Waals surface area contributed by atoms with E-state index in [0.717, 1.165) is 0 Å². The van der Waals surface area contributed by atoms with Gasteiger partial charge in [-0.1, -0.05) is 64.0 Å². The lowest BCUT2D eigenvalue weighted by molar-refractivity contribution is 0.814. The molecule has 0 N–H and O–H groups in total. The van der Waals surface area contributed by atoms with Gasteiger partial charge in [-0.3, -0.25) is 0 Å². The summed E-state index contributed by atoms with van der Waals surface area (Å²) in [6.07, 6.45) is 0. The molecule has 0 saturated heterocycles. The highest BCUT2D eigenvalue weighted by Crippen LogP contribution is 2.38. The predicted octanol–water partition coefficient (Wildman–Crippen LogP) is 2.78. The molecule has 0 saturated carbocycles. The zero-order valence-corrected chi connectivity index (χ0v) is 10.8. The average molecular weight is 185 g/mol. The molecular weight excluding hydrogens is 163 g/mol. The first-order valence-electron chi connectivity index (χ1n) is 5.31. The van der Waals surface area contributed by atoms with E-state index in [1.807, 2.05) is 13.8 Å². The van der Waals surface area contributed by atoms with Crippen LogP contribution in [0, 0.1) is 0 Å². The maximum Gasteiger partial charge on any atom is 0.104 e. The quantitative estimate of drug-likeness (QED) is 0.577. The summed E-state index contributed by atoms with van der Waals surface area (Å²) in [6.45, 7) is 15.0. The second-order valence-corrected chi connectivity index (χ2v) is 6.04. The molecule has 0 aliphatic heterocycles. The number of hydrogen-bond donors (Lipinski definition) is 0. The van der Waals surface area contributed by atoms with Gasteiger partial charge in [0.2, 0.25) is 0 Å². The summed E-state index contributed by atoms with van der Waals surface area (Å²) in [6, 6.07) is 0. The Hall–Kier alpha value is 0.260. The summed E-state index contributed by atoms with van der Waals surface area (Å²) >= 11 is 0. The SMILES string of the molecule is [B]C(C)(C)[B]C(C)(C)[B]C(C)(C)[B]C. The van der Waals surface area contributed by atoms with Gasteiger partial charge in [-0.25, -0.2) is 0 Å². The first-order chi connectivity index (χ1) is 5.97. The van der Waals surface area contributed by atoms with E-state index in [2.05, 4.69) is 56.4 Å². The molecule has 0 aromatic heterocycles. The van der Waals surface area contributed by atoms with E-state index in [4.69, 9.17) is 7.85 Å². The third-order valence-electron chi connectivity index (χ3n) is 2.23. The van der Waals surface area contributed by atoms with Crippen molar-refractivity contribution in [1.29, 1.82) is 0 Å². The molecule has 0 unspecified atom stereocenters. The molecule has 0 aliphatic carbocycles. The van der Waals surface area contributed by atoms with Crippen LogP contribution in [0.4, 0.5) is 0 Å². The molecular formula is C10H21B4. The molecule has 5 radical (unpaired) electrons. The van der Waals surface area contributed by atoms with Crippen molar-refractivity contribution < 1.29 is 0 Å². The fourth-order valence-electron chi connectivity index (χ4n) is 2.04. The van der Waals surface area contributed by atoms with Crippen LogP contribution in [0.15, 0.2) is 0 Å². The standard InChI is InChI=1S/C10H21B4/c1-8(2,11)13-10(5,6)14-9(3,4)12-7/h1-7H3. The molecule has 0 aromatic carbocycles. The fourth-order valence-corrected chi connectivity index (χ4v) is 2.04. The number of hydrogen-bond acceptors (Lipinski definition) is 0. The molecule has 0 fully saturated rings. The van der Waals surface area contributed by atoms with Gasteiger partial charge < -0.3 is 0 Å². The lowest BCUT2D eigenvalue weighted by Gasteiger charge is -2.37. The molecule has 0 atom stereocenters. The highest BCUT2D eigenvalue weighted by Gasteiger charge is 2.32. The first-order valence-corrected chi connectivity index (χ1v) is 5.31. The fraction of sp³-hybridized carbons (Fsp3) is 1.00. The van der Waals surface area contributed by atoms with Crippen LogP contribution in [0.1, 0.15) is 41.5 Å². The van der Waals surface area contributed by atoms with Gasteiger partial charge in [-0.2, -0.15) is 0 Å². The molecule has 0 aromatic rings. The first kappa shape index (κ1) is 14.3. The summed E-state index contributed by atoms with van der Waals surface area (Å²) in [5.74, 6) is 0. The Kier molecular flexibility index (Phi) is 4.49. The minimum atomic E-state index is -0.218. The summed E-state index contributed by atoms with van der Waals surface area (Å²) in [4.78, 5) is 0. The number of rotatable bonds is 5. The lowest BCUT2D eigenvalue weighted by atomic mass is 9.18. The summed E-state index contributed by atoms with van der Waals surface area (Å²) in [5.41, 5.74) is 0. The smallest absolute Gasteiger partial charge is 0.0967 e. The van der Waals surface area contributed by atoms with Gasteiger partial charge >= 0.3 is 0 Å². The summed E-state index contributed by atoms with van der Waals surface area (Å²) in [5, 5.41) is 0.00330. The molecule has 0 rings (SSSR count). The van der Waals surface area contributed by atoms with Crippen molar-refractivity contribution in [2.45, 2.75) is 64.0 Å². The summed E-state index contributed by atoms with van der Waals surface area (Å²) in [7, 11) is 12.8. The average Bonchev–Trinajstić information content (AvgIpc) is 1.78. The normalized spacial score (nSPS) is 13.6. The Morgan fingerprint density at radius 3 is 1.50 bits per heavy atom. The molecule has 0 nitrogen and oxygen atoms in total. The molecule has 0 heterocycles. The van der Waals surface area contributed by atoms with Gasteiger partial charge in [-0.15, -0.1) is 0 Å². The summed E-state index contributed by atoms with van der Waals surface area (Å²) < 4.78 is 0. The van der Waals surface area contributed by atoms with E-state index in [1.54, 1.807) is 0 Å². The van der Waals surface area contributed by atoms with E-state index >= 15 is 0 Å². The lowest BCUT2D eigenvalue weighted by Crippen LogP contribution is -2.35. The van der Waals surface area contributed by atoms with E-state index in [1.165, 1.54) is 0 Å². The van der Waals surface area contributed by atoms with E-state index in [-0.39, 0.29) is 15.6 Å². The van der Waals surface area contributed by atoms with Crippen molar-refractivity contribution >= 4 is 29.7 Å². The minimum absolute atomic E-state index is 0.0637. The Balaban J connectivity index is 4.35. The minimum Gasteiger partial charge on any atom is -0.0967 e. The van der Waals surface area contributed by atoms with Crippen LogP contribution in [0.2, 0.25) is 22.5 Å². The van der Waals surface area contributed by atoms with Gasteiger partial charge in [0.15, 0.2) is 0 Å². The van der Waals surface area contributed by atoms with Gasteiger partial charge in [0, 0.05) is 0 Å². The van der Waals surface area contributed by atoms with Crippen molar-refractivity contribution in [3.63, 3.8) is 0 Å². The Bertz CT molecular complexity index is 179. The van der Waals surface area contributed by atoms with Crippen LogP contribution in [0.25, 0.3) is 0 Å². The van der Waals surface area contributed by atoms with Crippen LogP contribution in [0.3, 0.4) is 0 Å². The molecule has 14 heavy (non-hydrogen) atoms. The van der Waals surface area contributed by atoms with Gasteiger partial charge in [0.25, 0.3) is 0 Å². The molecule has 0 amide bonds. The predicted molar refractivity (Wildman–Crippen MR) is 71.0 cm³/mol. The van der Waals surface area contributed by atoms with Gasteiger partial charge in [-0.05, 0) is 0 Å². The molecule has 73 valence electrons. The highest BCUT2D eigenvalue weighted by atomic mass is 14.1. The van der Waals surface area contributed by atoms with E-state index < -0.39 is 0 Å². The van der Waals surface area contributed by atoms with Crippen molar-refractivity contribution in [2.24, 2.45) is 0 Å². The van der Waals surface area contributed by atoms with Gasteiger partial charge in [0.1, 0.15) is 21.8 Å². The van der Waals surface area contributed by atoms with Crippen LogP contribution in [-0.2, 0) is 0 Å². The van der Waals surface area contributed by atoms with Crippen LogP contribution >= 0.6 is 0 Å². The van der Waals surface area contributed by atoms with Gasteiger partial charge in [0.05, 0.1) is 7.85 Å². The van der Waals surface area contributed by atoms with Crippen molar-refractivity contribution in [2.75, 3.05) is 0 Å². The largest absolute Gasteiger partial charge is 0.104 e. The zero-order chi connectivity index (χ0) is 11.6. The van der Waals surface area contributed by atoms with Crippen molar-refractivity contribution in [3.8, 4) is 0 Å². The molecule has 0 bridgehead atoms. The highest BCUT2D eigenvalue weighted by molar-refractivity contribution is 6.74. The van der Waals surface area contributed by atoms with E-state index in [9.17, 15) is 0 Å².